The first-order valence-corrected chi connectivity index (χ1v) is 18.8. The van der Waals surface area contributed by atoms with E-state index in [0.717, 1.165) is 0 Å². The van der Waals surface area contributed by atoms with E-state index in [-0.39, 0.29) is 12.3 Å². The van der Waals surface area contributed by atoms with Crippen molar-refractivity contribution < 1.29 is 150 Å². The van der Waals surface area contributed by atoms with Gasteiger partial charge in [0.1, 0.15) is 48.3 Å². The van der Waals surface area contributed by atoms with E-state index in [1.807, 2.05) is 0 Å². The minimum absolute atomic E-state index is 0.165. The van der Waals surface area contributed by atoms with Gasteiger partial charge < -0.3 is 123 Å². The molecule has 0 radical (unpaired) electrons. The minimum Gasteiger partial charge on any atom is -0.790 e. The molecule has 0 aromatic rings. The Balaban J connectivity index is 0.000000392. The largest absolute Gasteiger partial charge is 0.790 e. The second-order valence-electron chi connectivity index (χ2n) is 13.0. The highest BCUT2D eigenvalue weighted by atomic mass is 31.2. The van der Waals surface area contributed by atoms with Gasteiger partial charge in [-0.25, -0.2) is 0 Å². The molecule has 4 rings (SSSR count). The topological polar surface area (TPSA) is 456 Å². The standard InChI is InChI=1S/C7H14O4.2C6H11F2O8P.C6H10F2O5/c1-4-2-7(11,3-8)6(10)5(4)9;2*7-6(8)4(10)3(9)2(16-5(6)11)1-15-17(12,13)14;7-6(8)4(11)3(10)2(1-9)13-5(6)12/h4-6,8-11H,2-3H2,1H3;2*2-5,9-11H,1H2,(H2,12,13,14);2-5,9-12H,1H2/p-4. The van der Waals surface area contributed by atoms with Gasteiger partial charge in [-0.2, -0.15) is 26.3 Å². The molecule has 16 atom stereocenters. The average molecular weight is 919 g/mol. The third-order valence-electron chi connectivity index (χ3n) is 8.58. The molecule has 1 saturated carbocycles. The summed E-state index contributed by atoms with van der Waals surface area (Å²) in [6.07, 6.45) is -28.9. The maximum atomic E-state index is 12.9. The second kappa shape index (κ2) is 21.0. The van der Waals surface area contributed by atoms with Crippen molar-refractivity contribution in [1.29, 1.82) is 0 Å². The summed E-state index contributed by atoms with van der Waals surface area (Å²) in [5.41, 5.74) is -1.50. The fraction of sp³-hybridized carbons (Fsp3) is 1.00. The number of aliphatic hydroxyl groups is 14. The van der Waals surface area contributed by atoms with E-state index in [1.54, 1.807) is 6.92 Å². The van der Waals surface area contributed by atoms with Crippen molar-refractivity contribution in [3.63, 3.8) is 0 Å². The van der Waals surface area contributed by atoms with Crippen LogP contribution in [-0.4, -0.2) is 207 Å². The van der Waals surface area contributed by atoms with Gasteiger partial charge in [0.25, 0.3) is 0 Å². The molecule has 0 aromatic carbocycles. The van der Waals surface area contributed by atoms with Gasteiger partial charge in [-0.1, -0.05) is 6.92 Å². The molecule has 3 aliphatic heterocycles. The third-order valence-corrected chi connectivity index (χ3v) is 9.51. The van der Waals surface area contributed by atoms with Crippen molar-refractivity contribution >= 4 is 15.6 Å². The Kier molecular flexibility index (Phi) is 20.0. The summed E-state index contributed by atoms with van der Waals surface area (Å²) in [4.78, 5) is 40.4. The number of halogens is 6. The van der Waals surface area contributed by atoms with Gasteiger partial charge in [-0.05, 0) is 12.3 Å². The zero-order chi connectivity index (χ0) is 45.7. The Morgan fingerprint density at radius 1 is 0.569 bits per heavy atom. The van der Waals surface area contributed by atoms with Crippen molar-refractivity contribution in [1.82, 2.24) is 0 Å². The lowest BCUT2D eigenvalue weighted by Crippen LogP contribution is -2.62. The highest BCUT2D eigenvalue weighted by Crippen LogP contribution is 2.38. The quantitative estimate of drug-likeness (QED) is 0.0794. The highest BCUT2D eigenvalue weighted by molar-refractivity contribution is 7.43. The SMILES string of the molecule is CC1CC(O)(CO)C(O)C1O.O=P([O-])([O-])OCC1OC(O)C(F)(F)C(O)C1O.O=P([O-])([O-])OCC1OC(O)C(F)(F)C(O)C1O.OCC1OC(O)C(F)(F)C(O)C1O. The van der Waals surface area contributed by atoms with Crippen molar-refractivity contribution in [2.45, 2.75) is 123 Å². The third kappa shape index (κ3) is 14.1. The number of hydrogen-bond donors (Lipinski definition) is 14. The zero-order valence-electron chi connectivity index (χ0n) is 29.1. The van der Waals surface area contributed by atoms with Crippen LogP contribution in [0.4, 0.5) is 26.3 Å². The lowest BCUT2D eigenvalue weighted by atomic mass is 9.98. The van der Waals surface area contributed by atoms with Crippen LogP contribution >= 0.6 is 15.6 Å². The molecule has 348 valence electrons. The summed E-state index contributed by atoms with van der Waals surface area (Å²) in [6, 6.07) is 0. The van der Waals surface area contributed by atoms with Gasteiger partial charge >= 0.3 is 17.8 Å². The van der Waals surface area contributed by atoms with Crippen LogP contribution in [-0.2, 0) is 32.4 Å². The number of hydrogen-bond acceptors (Lipinski definition) is 25. The maximum Gasteiger partial charge on any atom is 0.325 e. The van der Waals surface area contributed by atoms with Crippen LogP contribution in [0.15, 0.2) is 0 Å². The van der Waals surface area contributed by atoms with E-state index in [9.17, 15) is 70.4 Å². The van der Waals surface area contributed by atoms with Gasteiger partial charge in [0, 0.05) is 0 Å². The Morgan fingerprint density at radius 3 is 1.09 bits per heavy atom. The van der Waals surface area contributed by atoms with E-state index in [4.69, 9.17) is 56.2 Å². The van der Waals surface area contributed by atoms with Crippen LogP contribution in [0.25, 0.3) is 0 Å². The lowest BCUT2D eigenvalue weighted by molar-refractivity contribution is -0.360. The van der Waals surface area contributed by atoms with Crippen LogP contribution in [0.2, 0.25) is 0 Å². The summed E-state index contributed by atoms with van der Waals surface area (Å²) in [5, 5.41) is 125. The van der Waals surface area contributed by atoms with Gasteiger partial charge in [-0.3, -0.25) is 0 Å². The molecule has 33 heteroatoms. The normalized spacial score (nSPS) is 42.1. The maximum absolute atomic E-state index is 12.9. The number of rotatable bonds is 8. The first-order chi connectivity index (χ1) is 26.0. The first-order valence-electron chi connectivity index (χ1n) is 15.9. The molecule has 0 spiro atoms. The molecule has 58 heavy (non-hydrogen) atoms. The molecule has 16 unspecified atom stereocenters. The zero-order valence-corrected chi connectivity index (χ0v) is 30.9. The molecule has 0 aromatic heterocycles. The van der Waals surface area contributed by atoms with Crippen LogP contribution in [0.5, 0.6) is 0 Å². The summed E-state index contributed by atoms with van der Waals surface area (Å²) < 4.78 is 117. The molecular weight excluding hydrogens is 876 g/mol. The molecule has 0 amide bonds. The molecule has 0 bridgehead atoms. The Morgan fingerprint density at radius 2 is 0.862 bits per heavy atom. The number of alkyl halides is 6. The Bertz CT molecular complexity index is 1300. The van der Waals surface area contributed by atoms with Crippen molar-refractivity contribution in [2.75, 3.05) is 26.4 Å². The molecule has 1 aliphatic carbocycles. The Hall–Kier alpha value is -0.880. The van der Waals surface area contributed by atoms with E-state index in [2.05, 4.69) is 23.3 Å². The van der Waals surface area contributed by atoms with Crippen molar-refractivity contribution in [3.8, 4) is 0 Å². The second-order valence-corrected chi connectivity index (χ2v) is 15.3. The highest BCUT2D eigenvalue weighted by Gasteiger charge is 2.59. The van der Waals surface area contributed by atoms with E-state index in [1.165, 1.54) is 0 Å². The first kappa shape index (κ1) is 55.1. The molecule has 14 N–H and O–H groups in total. The van der Waals surface area contributed by atoms with Crippen LogP contribution in [0, 0.1) is 5.92 Å². The van der Waals surface area contributed by atoms with E-state index < -0.39 is 151 Å². The molecule has 3 saturated heterocycles. The number of aliphatic hydroxyl groups excluding tert-OH is 13. The fourth-order valence-electron chi connectivity index (χ4n) is 5.08. The van der Waals surface area contributed by atoms with Crippen LogP contribution in [0.3, 0.4) is 0 Å². The predicted octanol–water partition coefficient (Wildman–Crippen LogP) is -9.66. The molecular formula is C25H42F6O25P2-4. The number of phosphoric ester groups is 2. The smallest absolute Gasteiger partial charge is 0.325 e. The summed E-state index contributed by atoms with van der Waals surface area (Å²) >= 11 is 0. The van der Waals surface area contributed by atoms with Gasteiger partial charge in [0.05, 0.1) is 48.2 Å². The molecule has 3 heterocycles. The average Bonchev–Trinajstić information content (AvgIpc) is 3.31. The molecule has 4 fully saturated rings. The van der Waals surface area contributed by atoms with E-state index in [0.29, 0.717) is 0 Å². The van der Waals surface area contributed by atoms with Crippen LogP contribution < -0.4 is 19.6 Å². The van der Waals surface area contributed by atoms with Crippen molar-refractivity contribution in [3.05, 3.63) is 0 Å². The number of phosphoric acid groups is 2. The summed E-state index contributed by atoms with van der Waals surface area (Å²) in [7, 11) is -10.7. The van der Waals surface area contributed by atoms with Gasteiger partial charge in [-0.15, -0.1) is 0 Å². The number of ether oxygens (including phenoxy) is 3. The fourth-order valence-corrected chi connectivity index (χ4v) is 5.74. The summed E-state index contributed by atoms with van der Waals surface area (Å²) in [6.45, 7) is -1.71. The summed E-state index contributed by atoms with van der Waals surface area (Å²) in [5.74, 6) is -12.3. The predicted molar refractivity (Wildman–Crippen MR) is 156 cm³/mol. The van der Waals surface area contributed by atoms with Gasteiger partial charge in [0.2, 0.25) is 18.9 Å². The molecule has 25 nitrogen and oxygen atoms in total. The van der Waals surface area contributed by atoms with Gasteiger partial charge in [0.15, 0.2) is 18.3 Å². The van der Waals surface area contributed by atoms with Crippen LogP contribution in [0.1, 0.15) is 13.3 Å². The minimum atomic E-state index is -5.37. The monoisotopic (exact) mass is 918 g/mol. The lowest BCUT2D eigenvalue weighted by Gasteiger charge is -2.41. The van der Waals surface area contributed by atoms with Crippen molar-refractivity contribution in [2.24, 2.45) is 5.92 Å². The Labute approximate surface area is 320 Å². The van der Waals surface area contributed by atoms with E-state index >= 15 is 0 Å². The molecule has 4 aliphatic rings.